The van der Waals surface area contributed by atoms with E-state index in [4.69, 9.17) is 5.11 Å². The van der Waals surface area contributed by atoms with E-state index in [-0.39, 0.29) is 17.8 Å². The number of likely N-dealkylation sites (N-methyl/N-ethyl adjacent to an activating group) is 1. The molecule has 1 N–H and O–H groups in total. The van der Waals surface area contributed by atoms with Crippen molar-refractivity contribution in [1.29, 1.82) is 0 Å². The molecule has 0 aliphatic rings. The molecule has 0 saturated carbocycles. The Labute approximate surface area is 75.4 Å². The van der Waals surface area contributed by atoms with Gasteiger partial charge in [-0.25, -0.2) is 8.42 Å². The van der Waals surface area contributed by atoms with Crippen LogP contribution in [-0.2, 0) is 10.0 Å². The second kappa shape index (κ2) is 5.08. The number of sulfonamides is 1. The van der Waals surface area contributed by atoms with Crippen molar-refractivity contribution in [1.82, 2.24) is 4.31 Å². The van der Waals surface area contributed by atoms with Gasteiger partial charge in [0.2, 0.25) is 10.0 Å². The third kappa shape index (κ3) is 3.50. The fraction of sp³-hybridized carbons (Fsp3) is 1.00. The zero-order chi connectivity index (χ0) is 8.91. The number of aliphatic hydroxyl groups is 1. The van der Waals surface area contributed by atoms with Crippen molar-refractivity contribution in [2.45, 2.75) is 6.92 Å². The number of nitrogens with zero attached hydrogens (tertiary/aromatic N) is 1. The average molecular weight is 246 g/mol. The average Bonchev–Trinajstić information content (AvgIpc) is 2.00. The van der Waals surface area contributed by atoms with Crippen LogP contribution in [0.3, 0.4) is 0 Å². The summed E-state index contributed by atoms with van der Waals surface area (Å²) in [5.41, 5.74) is 0. The van der Waals surface area contributed by atoms with Crippen LogP contribution >= 0.6 is 15.9 Å². The molecule has 6 heteroatoms. The maximum atomic E-state index is 11.1. The zero-order valence-electron chi connectivity index (χ0n) is 6.33. The van der Waals surface area contributed by atoms with Crippen molar-refractivity contribution in [3.8, 4) is 0 Å². The van der Waals surface area contributed by atoms with Crippen LogP contribution in [0.4, 0.5) is 0 Å². The molecule has 0 aromatic carbocycles. The van der Waals surface area contributed by atoms with Gasteiger partial charge in [-0.1, -0.05) is 22.9 Å². The summed E-state index contributed by atoms with van der Waals surface area (Å²) >= 11 is 2.87. The lowest BCUT2D eigenvalue weighted by atomic mass is 10.6. The SMILES string of the molecule is CCN(CCO)S(=O)(=O)CBr. The minimum atomic E-state index is -3.18. The van der Waals surface area contributed by atoms with E-state index in [1.165, 1.54) is 4.31 Å². The summed E-state index contributed by atoms with van der Waals surface area (Å²) in [5.74, 6) is 0. The molecule has 0 aromatic heterocycles. The van der Waals surface area contributed by atoms with Crippen LogP contribution in [0.2, 0.25) is 0 Å². The first-order valence-electron chi connectivity index (χ1n) is 3.23. The molecule has 0 bridgehead atoms. The van der Waals surface area contributed by atoms with Gasteiger partial charge in [0.05, 0.1) is 6.61 Å². The van der Waals surface area contributed by atoms with E-state index in [9.17, 15) is 8.42 Å². The van der Waals surface area contributed by atoms with Crippen LogP contribution in [0.5, 0.6) is 0 Å². The van der Waals surface area contributed by atoms with Crippen molar-refractivity contribution >= 4 is 26.0 Å². The molecule has 0 aliphatic heterocycles. The highest BCUT2D eigenvalue weighted by Gasteiger charge is 2.17. The molecule has 0 radical (unpaired) electrons. The molecule has 0 rings (SSSR count). The molecular formula is C5H12BrNO3S. The van der Waals surface area contributed by atoms with Gasteiger partial charge in [0.15, 0.2) is 0 Å². The van der Waals surface area contributed by atoms with Gasteiger partial charge in [-0.15, -0.1) is 0 Å². The van der Waals surface area contributed by atoms with E-state index >= 15 is 0 Å². The Bertz CT molecular complexity index is 192. The summed E-state index contributed by atoms with van der Waals surface area (Å²) in [7, 11) is -3.18. The van der Waals surface area contributed by atoms with Gasteiger partial charge in [0.1, 0.15) is 4.66 Å². The second-order valence-corrected chi connectivity index (χ2v) is 5.21. The Hall–Kier alpha value is 0.350. The normalized spacial score (nSPS) is 12.4. The smallest absolute Gasteiger partial charge is 0.224 e. The molecule has 0 fully saturated rings. The molecule has 68 valence electrons. The molecule has 0 atom stereocenters. The first-order chi connectivity index (χ1) is 5.08. The lowest BCUT2D eigenvalue weighted by Gasteiger charge is -2.16. The highest BCUT2D eigenvalue weighted by Crippen LogP contribution is 2.03. The van der Waals surface area contributed by atoms with Crippen molar-refractivity contribution in [3.05, 3.63) is 0 Å². The third-order valence-electron chi connectivity index (χ3n) is 1.23. The van der Waals surface area contributed by atoms with E-state index in [1.807, 2.05) is 0 Å². The van der Waals surface area contributed by atoms with E-state index < -0.39 is 10.0 Å². The molecule has 0 spiro atoms. The molecule has 0 unspecified atom stereocenters. The number of aliphatic hydroxyl groups excluding tert-OH is 1. The molecule has 0 saturated heterocycles. The number of hydrogen-bond acceptors (Lipinski definition) is 3. The number of hydrogen-bond donors (Lipinski definition) is 1. The van der Waals surface area contributed by atoms with Gasteiger partial charge in [0.25, 0.3) is 0 Å². The summed E-state index contributed by atoms with van der Waals surface area (Å²) in [6, 6.07) is 0. The predicted octanol–water partition coefficient (Wildman–Crippen LogP) is -0.0172. The lowest BCUT2D eigenvalue weighted by Crippen LogP contribution is -2.33. The van der Waals surface area contributed by atoms with Gasteiger partial charge in [-0.05, 0) is 0 Å². The van der Waals surface area contributed by atoms with E-state index in [2.05, 4.69) is 15.9 Å². The summed E-state index contributed by atoms with van der Waals surface area (Å²) in [6.07, 6.45) is 0. The largest absolute Gasteiger partial charge is 0.395 e. The first kappa shape index (κ1) is 11.4. The highest BCUT2D eigenvalue weighted by molar-refractivity contribution is 9.10. The van der Waals surface area contributed by atoms with Crippen LogP contribution in [0.25, 0.3) is 0 Å². The molecule has 0 heterocycles. The molecule has 0 aromatic rings. The fourth-order valence-electron chi connectivity index (χ4n) is 0.674. The molecule has 11 heavy (non-hydrogen) atoms. The molecular weight excluding hydrogens is 234 g/mol. The maximum Gasteiger partial charge on any atom is 0.224 e. The Morgan fingerprint density at radius 1 is 1.55 bits per heavy atom. The van der Waals surface area contributed by atoms with Crippen molar-refractivity contribution in [2.24, 2.45) is 0 Å². The first-order valence-corrected chi connectivity index (χ1v) is 5.96. The minimum Gasteiger partial charge on any atom is -0.395 e. The summed E-state index contributed by atoms with van der Waals surface area (Å²) in [4.78, 5) is 0. The summed E-state index contributed by atoms with van der Waals surface area (Å²) in [5, 5.41) is 8.51. The Morgan fingerprint density at radius 3 is 2.36 bits per heavy atom. The number of rotatable bonds is 5. The van der Waals surface area contributed by atoms with Crippen LogP contribution < -0.4 is 0 Å². The van der Waals surface area contributed by atoms with Crippen LogP contribution in [0.15, 0.2) is 0 Å². The van der Waals surface area contributed by atoms with Crippen molar-refractivity contribution in [2.75, 3.05) is 24.4 Å². The van der Waals surface area contributed by atoms with E-state index in [0.717, 1.165) is 0 Å². The monoisotopic (exact) mass is 245 g/mol. The minimum absolute atomic E-state index is 0.0894. The van der Waals surface area contributed by atoms with Gasteiger partial charge < -0.3 is 5.11 Å². The Morgan fingerprint density at radius 2 is 2.09 bits per heavy atom. The van der Waals surface area contributed by atoms with Crippen LogP contribution in [0.1, 0.15) is 6.92 Å². The topological polar surface area (TPSA) is 57.6 Å². The standard InChI is InChI=1S/C5H12BrNO3S/c1-2-7(3-4-8)11(9,10)5-6/h8H,2-5H2,1H3. The van der Waals surface area contributed by atoms with Gasteiger partial charge in [-0.2, -0.15) is 4.31 Å². The number of halogens is 1. The van der Waals surface area contributed by atoms with E-state index in [1.54, 1.807) is 6.92 Å². The lowest BCUT2D eigenvalue weighted by molar-refractivity contribution is 0.257. The highest BCUT2D eigenvalue weighted by atomic mass is 79.9. The molecule has 0 amide bonds. The van der Waals surface area contributed by atoms with Gasteiger partial charge >= 0.3 is 0 Å². The van der Waals surface area contributed by atoms with Crippen molar-refractivity contribution < 1.29 is 13.5 Å². The fourth-order valence-corrected chi connectivity index (χ4v) is 2.43. The summed E-state index contributed by atoms with van der Waals surface area (Å²) < 4.78 is 23.3. The third-order valence-corrected chi connectivity index (χ3v) is 4.47. The van der Waals surface area contributed by atoms with Gasteiger partial charge in [0, 0.05) is 13.1 Å². The summed E-state index contributed by atoms with van der Waals surface area (Å²) in [6.45, 7) is 2.16. The van der Waals surface area contributed by atoms with Crippen LogP contribution in [0, 0.1) is 0 Å². The maximum absolute atomic E-state index is 11.1. The van der Waals surface area contributed by atoms with E-state index in [0.29, 0.717) is 6.54 Å². The zero-order valence-corrected chi connectivity index (χ0v) is 8.73. The quantitative estimate of drug-likeness (QED) is 0.694. The Kier molecular flexibility index (Phi) is 5.24. The molecule has 0 aliphatic carbocycles. The predicted molar refractivity (Wildman–Crippen MR) is 47.0 cm³/mol. The molecule has 4 nitrogen and oxygen atoms in total. The Balaban J connectivity index is 4.25. The second-order valence-electron chi connectivity index (χ2n) is 1.94. The number of alkyl halides is 1. The van der Waals surface area contributed by atoms with Gasteiger partial charge in [-0.3, -0.25) is 0 Å². The van der Waals surface area contributed by atoms with Crippen LogP contribution in [-0.4, -0.2) is 42.2 Å². The van der Waals surface area contributed by atoms with Crippen molar-refractivity contribution in [3.63, 3.8) is 0 Å².